The summed E-state index contributed by atoms with van der Waals surface area (Å²) >= 11 is 0. The van der Waals surface area contributed by atoms with E-state index >= 15 is 0 Å². The van der Waals surface area contributed by atoms with E-state index in [2.05, 4.69) is 12.2 Å². The fourth-order valence-electron chi connectivity index (χ4n) is 3.92. The average molecular weight is 394 g/mol. The van der Waals surface area contributed by atoms with E-state index in [-0.39, 0.29) is 12.5 Å². The lowest BCUT2D eigenvalue weighted by Crippen LogP contribution is -2.44. The number of benzene rings is 1. The van der Waals surface area contributed by atoms with Crippen LogP contribution < -0.4 is 5.32 Å². The van der Waals surface area contributed by atoms with Crippen molar-refractivity contribution < 1.29 is 13.2 Å². The first-order chi connectivity index (χ1) is 13.0. The zero-order chi connectivity index (χ0) is 19.3. The van der Waals surface area contributed by atoms with Gasteiger partial charge < -0.3 is 10.2 Å². The summed E-state index contributed by atoms with van der Waals surface area (Å²) in [5, 5.41) is 3.13. The normalized spacial score (nSPS) is 22.3. The molecule has 2 heterocycles. The number of amides is 1. The van der Waals surface area contributed by atoms with Crippen molar-refractivity contribution in [3.8, 4) is 0 Å². The number of nitrogens with one attached hydrogen (secondary N) is 1. The number of nitrogens with zero attached hydrogens (tertiary/aromatic N) is 2. The summed E-state index contributed by atoms with van der Waals surface area (Å²) in [6.07, 6.45) is 7.36. The predicted octanol–water partition coefficient (Wildman–Crippen LogP) is 3.06. The molecule has 2 saturated heterocycles. The van der Waals surface area contributed by atoms with Crippen LogP contribution in [0.1, 0.15) is 51.9 Å². The van der Waals surface area contributed by atoms with Crippen molar-refractivity contribution in [2.24, 2.45) is 0 Å². The summed E-state index contributed by atoms with van der Waals surface area (Å²) in [4.78, 5) is 14.7. The van der Waals surface area contributed by atoms with Crippen LogP contribution in [0.2, 0.25) is 0 Å². The molecular weight excluding hydrogens is 362 g/mol. The Kier molecular flexibility index (Phi) is 6.76. The van der Waals surface area contributed by atoms with Crippen molar-refractivity contribution >= 4 is 21.6 Å². The molecule has 0 aliphatic carbocycles. The summed E-state index contributed by atoms with van der Waals surface area (Å²) in [6.45, 7) is 4.37. The zero-order valence-electron chi connectivity index (χ0n) is 16.2. The highest BCUT2D eigenvalue weighted by Crippen LogP contribution is 2.22. The molecule has 27 heavy (non-hydrogen) atoms. The van der Waals surface area contributed by atoms with Gasteiger partial charge in [0, 0.05) is 31.4 Å². The molecule has 1 unspecified atom stereocenters. The summed E-state index contributed by atoms with van der Waals surface area (Å²) in [6, 6.07) is 7.07. The molecule has 0 bridgehead atoms. The molecule has 1 aromatic rings. The lowest BCUT2D eigenvalue weighted by Gasteiger charge is -2.33. The predicted molar refractivity (Wildman–Crippen MR) is 107 cm³/mol. The van der Waals surface area contributed by atoms with Gasteiger partial charge in [0.25, 0.3) is 0 Å². The highest BCUT2D eigenvalue weighted by Gasteiger charge is 2.25. The molecule has 3 rings (SSSR count). The Labute approximate surface area is 163 Å². The van der Waals surface area contributed by atoms with E-state index in [4.69, 9.17) is 0 Å². The van der Waals surface area contributed by atoms with Crippen molar-refractivity contribution in [3.63, 3.8) is 0 Å². The van der Waals surface area contributed by atoms with Crippen LogP contribution in [0, 0.1) is 0 Å². The Morgan fingerprint density at radius 1 is 1.00 bits per heavy atom. The minimum Gasteiger partial charge on any atom is -0.376 e. The molecule has 6 nitrogen and oxygen atoms in total. The first-order valence-electron chi connectivity index (χ1n) is 10.1. The summed E-state index contributed by atoms with van der Waals surface area (Å²) in [7, 11) is -3.43. The van der Waals surface area contributed by atoms with E-state index in [0.29, 0.717) is 24.0 Å². The maximum atomic E-state index is 12.8. The van der Waals surface area contributed by atoms with Crippen LogP contribution in [-0.4, -0.2) is 55.8 Å². The number of rotatable bonds is 5. The monoisotopic (exact) mass is 393 g/mol. The van der Waals surface area contributed by atoms with Gasteiger partial charge in [-0.15, -0.1) is 0 Å². The molecule has 150 valence electrons. The maximum absolute atomic E-state index is 12.8. The van der Waals surface area contributed by atoms with E-state index in [1.807, 2.05) is 4.90 Å². The van der Waals surface area contributed by atoms with Gasteiger partial charge in [0.15, 0.2) is 0 Å². The van der Waals surface area contributed by atoms with E-state index in [1.165, 1.54) is 6.42 Å². The summed E-state index contributed by atoms with van der Waals surface area (Å²) in [5.41, 5.74) is 0.767. The van der Waals surface area contributed by atoms with E-state index in [0.717, 1.165) is 50.8 Å². The Bertz CT molecular complexity index is 725. The van der Waals surface area contributed by atoms with Crippen LogP contribution in [0.5, 0.6) is 0 Å². The Balaban J connectivity index is 1.59. The van der Waals surface area contributed by atoms with Gasteiger partial charge in [0.1, 0.15) is 0 Å². The van der Waals surface area contributed by atoms with Gasteiger partial charge in [-0.1, -0.05) is 12.8 Å². The number of carbonyl (C=O) groups is 1. The molecule has 0 aromatic heterocycles. The second-order valence-corrected chi connectivity index (χ2v) is 9.57. The van der Waals surface area contributed by atoms with Crippen LogP contribution >= 0.6 is 0 Å². The number of piperidine rings is 1. The van der Waals surface area contributed by atoms with Gasteiger partial charge in [0.2, 0.25) is 15.9 Å². The Hall–Kier alpha value is -1.60. The maximum Gasteiger partial charge on any atom is 0.243 e. The topological polar surface area (TPSA) is 69.7 Å². The average Bonchev–Trinajstić information content (AvgIpc) is 2.97. The molecule has 0 saturated carbocycles. The van der Waals surface area contributed by atoms with E-state index < -0.39 is 10.0 Å². The largest absolute Gasteiger partial charge is 0.376 e. The van der Waals surface area contributed by atoms with Crippen molar-refractivity contribution in [2.45, 2.75) is 62.8 Å². The number of sulfonamides is 1. The number of likely N-dealkylation sites (tertiary alicyclic amines) is 1. The Morgan fingerprint density at radius 2 is 1.63 bits per heavy atom. The molecule has 2 aliphatic heterocycles. The van der Waals surface area contributed by atoms with Gasteiger partial charge in [-0.2, -0.15) is 4.31 Å². The highest BCUT2D eigenvalue weighted by molar-refractivity contribution is 7.89. The smallest absolute Gasteiger partial charge is 0.243 e. The van der Waals surface area contributed by atoms with Crippen LogP contribution in [0.3, 0.4) is 0 Å². The second-order valence-electron chi connectivity index (χ2n) is 7.63. The third-order valence-electron chi connectivity index (χ3n) is 5.62. The quantitative estimate of drug-likeness (QED) is 0.835. The molecule has 2 aliphatic rings. The molecule has 1 amide bonds. The van der Waals surface area contributed by atoms with Crippen LogP contribution in [0.15, 0.2) is 29.2 Å². The third kappa shape index (κ3) is 5.02. The zero-order valence-corrected chi connectivity index (χ0v) is 17.0. The van der Waals surface area contributed by atoms with Gasteiger partial charge >= 0.3 is 0 Å². The van der Waals surface area contributed by atoms with Crippen molar-refractivity contribution in [1.29, 1.82) is 0 Å². The third-order valence-corrected chi connectivity index (χ3v) is 7.54. The van der Waals surface area contributed by atoms with Gasteiger partial charge in [-0.25, -0.2) is 8.42 Å². The van der Waals surface area contributed by atoms with Crippen LogP contribution in [-0.2, 0) is 14.8 Å². The fourth-order valence-corrected chi connectivity index (χ4v) is 5.44. The molecule has 1 aromatic carbocycles. The lowest BCUT2D eigenvalue weighted by molar-refractivity contribution is -0.132. The number of hydrogen-bond donors (Lipinski definition) is 1. The SMILES string of the molecule is CC1CCCCN1C(=O)CNc1ccc(S(=O)(=O)N2CCCCCC2)cc1. The minimum atomic E-state index is -3.43. The first-order valence-corrected chi connectivity index (χ1v) is 11.6. The molecular formula is C20H31N3O3S. The fraction of sp³-hybridized carbons (Fsp3) is 0.650. The molecule has 0 spiro atoms. The number of carbonyl (C=O) groups excluding carboxylic acids is 1. The van der Waals surface area contributed by atoms with Crippen molar-refractivity contribution in [2.75, 3.05) is 31.5 Å². The van der Waals surface area contributed by atoms with Crippen molar-refractivity contribution in [3.05, 3.63) is 24.3 Å². The summed E-state index contributed by atoms with van der Waals surface area (Å²) < 4.78 is 27.2. The molecule has 7 heteroatoms. The summed E-state index contributed by atoms with van der Waals surface area (Å²) in [5.74, 6) is 0.100. The van der Waals surface area contributed by atoms with Gasteiger partial charge in [-0.3, -0.25) is 4.79 Å². The molecule has 2 fully saturated rings. The second kappa shape index (κ2) is 9.06. The van der Waals surface area contributed by atoms with E-state index in [1.54, 1.807) is 28.6 Å². The lowest BCUT2D eigenvalue weighted by atomic mass is 10.0. The standard InChI is InChI=1S/C20H31N3O3S/c1-17-8-4-7-15-23(17)20(24)16-21-18-9-11-19(12-10-18)27(25,26)22-13-5-2-3-6-14-22/h9-12,17,21H,2-8,13-16H2,1H3. The molecule has 0 radical (unpaired) electrons. The first kappa shape index (κ1) is 20.1. The number of anilines is 1. The Morgan fingerprint density at radius 3 is 2.26 bits per heavy atom. The van der Waals surface area contributed by atoms with Crippen LogP contribution in [0.25, 0.3) is 0 Å². The number of hydrogen-bond acceptors (Lipinski definition) is 4. The van der Waals surface area contributed by atoms with Crippen molar-refractivity contribution in [1.82, 2.24) is 9.21 Å². The van der Waals surface area contributed by atoms with Gasteiger partial charge in [-0.05, 0) is 63.3 Å². The highest BCUT2D eigenvalue weighted by atomic mass is 32.2. The molecule has 1 N–H and O–H groups in total. The van der Waals surface area contributed by atoms with Gasteiger partial charge in [0.05, 0.1) is 11.4 Å². The van der Waals surface area contributed by atoms with E-state index in [9.17, 15) is 13.2 Å². The molecule has 1 atom stereocenters. The van der Waals surface area contributed by atoms with Crippen LogP contribution in [0.4, 0.5) is 5.69 Å². The minimum absolute atomic E-state index is 0.100.